The highest BCUT2D eigenvalue weighted by atomic mass is 35.5. The first-order chi connectivity index (χ1) is 20.1. The lowest BCUT2D eigenvalue weighted by Gasteiger charge is -2.14. The van der Waals surface area contributed by atoms with Gasteiger partial charge in [0, 0.05) is 52.3 Å². The van der Waals surface area contributed by atoms with Crippen LogP contribution in [0.1, 0.15) is 57.6 Å². The number of nitrogens with zero attached hydrogens (tertiary/aromatic N) is 3. The van der Waals surface area contributed by atoms with Crippen LogP contribution in [0.5, 0.6) is 5.75 Å². The van der Waals surface area contributed by atoms with Crippen LogP contribution in [-0.4, -0.2) is 22.2 Å². The number of carbonyl (C=O) groups is 1. The first kappa shape index (κ1) is 29.6. The molecule has 0 radical (unpaired) electrons. The van der Waals surface area contributed by atoms with Crippen molar-refractivity contribution in [1.29, 1.82) is 5.26 Å². The van der Waals surface area contributed by atoms with Crippen LogP contribution < -0.4 is 4.74 Å². The Bertz CT molecular complexity index is 1770. The van der Waals surface area contributed by atoms with Crippen LogP contribution in [0, 0.1) is 39.0 Å². The zero-order valence-corrected chi connectivity index (χ0v) is 26.1. The standard InChI is InChI=1S/C35H33Cl2N3O2/c1-20-14-26(15-21(2)35(20)37)42-13-7-10-27-28-11-12-31(36)34(33-22(3)39-40(5)23(33)4)30(28)18-29(27)32(41)17-24-8-6-9-25(16-24)19-38/h6,8-9,11-12,14-16H,7,10,13,17-18H2,1-5H3. The van der Waals surface area contributed by atoms with Crippen molar-refractivity contribution in [3.05, 3.63) is 109 Å². The lowest BCUT2D eigenvalue weighted by atomic mass is 9.93. The third-order valence-corrected chi connectivity index (χ3v) is 8.98. The Kier molecular flexibility index (Phi) is 8.59. The molecule has 0 spiro atoms. The Hall–Kier alpha value is -3.85. The molecule has 0 unspecified atom stereocenters. The largest absolute Gasteiger partial charge is 0.494 e. The quantitative estimate of drug-likeness (QED) is 0.181. The number of fused-ring (bicyclic) bond motifs is 1. The van der Waals surface area contributed by atoms with Crippen molar-refractivity contribution in [2.75, 3.05) is 6.61 Å². The molecule has 0 aliphatic heterocycles. The first-order valence-corrected chi connectivity index (χ1v) is 14.8. The normalized spacial score (nSPS) is 12.4. The number of ether oxygens (including phenoxy) is 1. The number of Topliss-reactive ketones (excluding diaryl/α,β-unsaturated/α-hetero) is 1. The van der Waals surface area contributed by atoms with Crippen molar-refractivity contribution >= 4 is 34.6 Å². The van der Waals surface area contributed by atoms with Gasteiger partial charge in [-0.05, 0) is 104 Å². The van der Waals surface area contributed by atoms with Gasteiger partial charge in [-0.25, -0.2) is 0 Å². The summed E-state index contributed by atoms with van der Waals surface area (Å²) < 4.78 is 7.98. The number of hydrogen-bond acceptors (Lipinski definition) is 4. The molecule has 5 rings (SSSR count). The van der Waals surface area contributed by atoms with Crippen molar-refractivity contribution < 1.29 is 9.53 Å². The lowest BCUT2D eigenvalue weighted by Crippen LogP contribution is -2.09. The van der Waals surface area contributed by atoms with Crippen molar-refractivity contribution in [2.45, 2.75) is 53.4 Å². The van der Waals surface area contributed by atoms with Gasteiger partial charge in [-0.2, -0.15) is 10.4 Å². The van der Waals surface area contributed by atoms with Gasteiger partial charge in [0.15, 0.2) is 5.78 Å². The number of halogens is 2. The number of nitriles is 1. The third-order valence-electron chi connectivity index (χ3n) is 8.07. The summed E-state index contributed by atoms with van der Waals surface area (Å²) in [5.41, 5.74) is 11.2. The zero-order valence-electron chi connectivity index (χ0n) is 24.6. The van der Waals surface area contributed by atoms with Crippen LogP contribution in [0.15, 0.2) is 54.1 Å². The van der Waals surface area contributed by atoms with Crippen LogP contribution in [0.2, 0.25) is 10.0 Å². The number of aromatic nitrogens is 2. The predicted molar refractivity (Wildman–Crippen MR) is 169 cm³/mol. The predicted octanol–water partition coefficient (Wildman–Crippen LogP) is 8.48. The minimum absolute atomic E-state index is 0.0582. The molecule has 1 aliphatic carbocycles. The molecule has 42 heavy (non-hydrogen) atoms. The highest BCUT2D eigenvalue weighted by molar-refractivity contribution is 6.34. The van der Waals surface area contributed by atoms with Crippen molar-refractivity contribution in [3.63, 3.8) is 0 Å². The van der Waals surface area contributed by atoms with Gasteiger partial charge < -0.3 is 4.74 Å². The molecule has 0 amide bonds. The highest BCUT2D eigenvalue weighted by Gasteiger charge is 2.31. The summed E-state index contributed by atoms with van der Waals surface area (Å²) in [7, 11) is 1.93. The van der Waals surface area contributed by atoms with E-state index < -0.39 is 0 Å². The van der Waals surface area contributed by atoms with Crippen LogP contribution in [0.25, 0.3) is 16.7 Å². The van der Waals surface area contributed by atoms with Crippen molar-refractivity contribution in [2.24, 2.45) is 7.05 Å². The molecule has 0 N–H and O–H groups in total. The second-order valence-electron chi connectivity index (χ2n) is 11.0. The fraction of sp³-hybridized carbons (Fsp3) is 0.286. The van der Waals surface area contributed by atoms with E-state index in [4.69, 9.17) is 27.9 Å². The van der Waals surface area contributed by atoms with Gasteiger partial charge in [0.2, 0.25) is 0 Å². The molecule has 1 aliphatic rings. The van der Waals surface area contributed by atoms with E-state index in [1.54, 1.807) is 12.1 Å². The number of rotatable bonds is 9. The molecule has 0 saturated heterocycles. The molecular formula is C35H33Cl2N3O2. The van der Waals surface area contributed by atoms with E-state index in [0.29, 0.717) is 30.0 Å². The third kappa shape index (κ3) is 5.75. The van der Waals surface area contributed by atoms with Gasteiger partial charge in [-0.15, -0.1) is 0 Å². The first-order valence-electron chi connectivity index (χ1n) is 14.0. The number of ketones is 1. The van der Waals surface area contributed by atoms with Gasteiger partial charge in [-0.3, -0.25) is 9.48 Å². The van der Waals surface area contributed by atoms with E-state index in [9.17, 15) is 10.1 Å². The van der Waals surface area contributed by atoms with Gasteiger partial charge >= 0.3 is 0 Å². The van der Waals surface area contributed by atoms with E-state index in [1.165, 1.54) is 0 Å². The minimum atomic E-state index is 0.0582. The van der Waals surface area contributed by atoms with Crippen molar-refractivity contribution in [3.8, 4) is 22.9 Å². The molecule has 0 atom stereocenters. The molecule has 214 valence electrons. The Morgan fingerprint density at radius 3 is 2.45 bits per heavy atom. The van der Waals surface area contributed by atoms with E-state index in [0.717, 1.165) is 78.7 Å². The molecule has 0 bridgehead atoms. The summed E-state index contributed by atoms with van der Waals surface area (Å²) in [5, 5.41) is 15.4. The number of hydrogen-bond donors (Lipinski definition) is 0. The summed E-state index contributed by atoms with van der Waals surface area (Å²) >= 11 is 13.2. The molecule has 4 aromatic rings. The Balaban J connectivity index is 1.48. The SMILES string of the molecule is Cc1cc(OCCCC2=C(C(=O)Cc3cccc(C#N)c3)Cc3c2ccc(Cl)c3-c2c(C)nn(C)c2C)cc(C)c1Cl. The molecule has 1 aromatic heterocycles. The van der Waals surface area contributed by atoms with E-state index in [-0.39, 0.29) is 12.2 Å². The monoisotopic (exact) mass is 597 g/mol. The van der Waals surface area contributed by atoms with Gasteiger partial charge in [-0.1, -0.05) is 41.4 Å². The molecule has 0 saturated carbocycles. The van der Waals surface area contributed by atoms with E-state index >= 15 is 0 Å². The maximum absolute atomic E-state index is 13.9. The summed E-state index contributed by atoms with van der Waals surface area (Å²) in [4.78, 5) is 13.9. The Labute approximate surface area is 257 Å². The number of allylic oxidation sites excluding steroid dienone is 2. The van der Waals surface area contributed by atoms with Crippen LogP contribution in [0.3, 0.4) is 0 Å². The smallest absolute Gasteiger partial charge is 0.163 e. The average molecular weight is 599 g/mol. The maximum atomic E-state index is 13.9. The fourth-order valence-electron chi connectivity index (χ4n) is 5.96. The zero-order chi connectivity index (χ0) is 30.1. The topological polar surface area (TPSA) is 67.9 Å². The van der Waals surface area contributed by atoms with Crippen LogP contribution in [-0.2, 0) is 24.7 Å². The molecule has 5 nitrogen and oxygen atoms in total. The van der Waals surface area contributed by atoms with Crippen LogP contribution in [0.4, 0.5) is 0 Å². The summed E-state index contributed by atoms with van der Waals surface area (Å²) in [6, 6.07) is 17.3. The Morgan fingerprint density at radius 1 is 1.05 bits per heavy atom. The summed E-state index contributed by atoms with van der Waals surface area (Å²) in [6.45, 7) is 8.49. The highest BCUT2D eigenvalue weighted by Crippen LogP contribution is 2.46. The lowest BCUT2D eigenvalue weighted by molar-refractivity contribution is -0.115. The number of carbonyl (C=O) groups excluding carboxylic acids is 1. The average Bonchev–Trinajstić information content (AvgIpc) is 3.45. The number of aryl methyl sites for hydroxylation is 4. The molecular weight excluding hydrogens is 565 g/mol. The summed E-state index contributed by atoms with van der Waals surface area (Å²) in [6.07, 6.45) is 2.15. The fourth-order valence-corrected chi connectivity index (χ4v) is 6.34. The van der Waals surface area contributed by atoms with Gasteiger partial charge in [0.05, 0.1) is 23.9 Å². The van der Waals surface area contributed by atoms with Gasteiger partial charge in [0.25, 0.3) is 0 Å². The molecule has 7 heteroatoms. The van der Waals surface area contributed by atoms with Crippen LogP contribution >= 0.6 is 23.2 Å². The molecule has 1 heterocycles. The van der Waals surface area contributed by atoms with E-state index in [1.807, 2.05) is 75.8 Å². The second kappa shape index (κ2) is 12.2. The number of benzene rings is 3. The van der Waals surface area contributed by atoms with Crippen molar-refractivity contribution in [1.82, 2.24) is 9.78 Å². The second-order valence-corrected chi connectivity index (χ2v) is 11.8. The maximum Gasteiger partial charge on any atom is 0.163 e. The Morgan fingerprint density at radius 2 is 1.79 bits per heavy atom. The molecule has 0 fully saturated rings. The van der Waals surface area contributed by atoms with Gasteiger partial charge in [0.1, 0.15) is 5.75 Å². The minimum Gasteiger partial charge on any atom is -0.494 e. The summed E-state index contributed by atoms with van der Waals surface area (Å²) in [5.74, 6) is 0.850. The molecule has 3 aromatic carbocycles. The van der Waals surface area contributed by atoms with E-state index in [2.05, 4.69) is 11.2 Å².